The standard InChI is InChI=1S/C37H40BrFN8O4/c1-50-35-29(19-46-15-4-3-11-31(48)40-14-16-46)42-18-28(44-35)26-10-6-8-24(34(26)39)23-7-5-9-25(33(23)38)27-17-41-30(36(43-27)51-2)20-47-21-37(22-47)13-12-32(49)45-37/h5-10,17-18H,3-4,11-16,19-22H2,1-2H3,(H,40,48)(H,45,49). The van der Waals surface area contributed by atoms with Crippen LogP contribution in [-0.4, -0.2) is 94.0 Å². The molecule has 266 valence electrons. The van der Waals surface area contributed by atoms with Crippen LogP contribution in [0.2, 0.25) is 0 Å². The molecule has 51 heavy (non-hydrogen) atoms. The Bertz CT molecular complexity index is 1960. The average Bonchev–Trinajstić information content (AvgIpc) is 3.55. The van der Waals surface area contributed by atoms with E-state index in [9.17, 15) is 9.59 Å². The molecule has 0 saturated carbocycles. The number of aromatic nitrogens is 4. The average molecular weight is 760 g/mol. The maximum atomic E-state index is 16.4. The Morgan fingerprint density at radius 3 is 2.10 bits per heavy atom. The van der Waals surface area contributed by atoms with Crippen molar-refractivity contribution in [3.8, 4) is 45.4 Å². The molecule has 2 N–H and O–H groups in total. The molecule has 12 nitrogen and oxygen atoms in total. The molecular weight excluding hydrogens is 719 g/mol. The topological polar surface area (TPSA) is 135 Å². The molecule has 0 bridgehead atoms. The second kappa shape index (κ2) is 15.0. The second-order valence-corrected chi connectivity index (χ2v) is 14.1. The van der Waals surface area contributed by atoms with Crippen molar-refractivity contribution in [3.63, 3.8) is 0 Å². The van der Waals surface area contributed by atoms with E-state index >= 15 is 4.39 Å². The molecule has 0 aliphatic carbocycles. The van der Waals surface area contributed by atoms with E-state index < -0.39 is 5.82 Å². The highest BCUT2D eigenvalue weighted by Crippen LogP contribution is 2.40. The van der Waals surface area contributed by atoms with Gasteiger partial charge in [-0.05, 0) is 53.4 Å². The van der Waals surface area contributed by atoms with Gasteiger partial charge in [-0.25, -0.2) is 14.4 Å². The van der Waals surface area contributed by atoms with Gasteiger partial charge in [0.15, 0.2) is 0 Å². The van der Waals surface area contributed by atoms with E-state index in [0.29, 0.717) is 94.7 Å². The van der Waals surface area contributed by atoms with Crippen LogP contribution >= 0.6 is 15.9 Å². The van der Waals surface area contributed by atoms with Crippen molar-refractivity contribution in [3.05, 3.63) is 70.5 Å². The van der Waals surface area contributed by atoms with Crippen LogP contribution in [-0.2, 0) is 22.7 Å². The van der Waals surface area contributed by atoms with Gasteiger partial charge in [0, 0.05) is 73.3 Å². The molecular formula is C37H40BrFN8O4. The Labute approximate surface area is 304 Å². The number of carbonyl (C=O) groups excluding carboxylic acids is 2. The highest BCUT2D eigenvalue weighted by Gasteiger charge is 2.47. The summed E-state index contributed by atoms with van der Waals surface area (Å²) < 4.78 is 28.4. The van der Waals surface area contributed by atoms with Gasteiger partial charge in [-0.3, -0.25) is 29.4 Å². The smallest absolute Gasteiger partial charge is 0.237 e. The van der Waals surface area contributed by atoms with Gasteiger partial charge < -0.3 is 20.1 Å². The van der Waals surface area contributed by atoms with Crippen molar-refractivity contribution < 1.29 is 23.5 Å². The highest BCUT2D eigenvalue weighted by molar-refractivity contribution is 9.10. The van der Waals surface area contributed by atoms with E-state index in [2.05, 4.69) is 46.3 Å². The maximum Gasteiger partial charge on any atom is 0.237 e. The first-order valence-electron chi connectivity index (χ1n) is 17.2. The zero-order valence-electron chi connectivity index (χ0n) is 28.7. The number of hydrogen-bond donors (Lipinski definition) is 2. The molecule has 4 aromatic rings. The lowest BCUT2D eigenvalue weighted by molar-refractivity contribution is -0.121. The maximum absolute atomic E-state index is 16.4. The van der Waals surface area contributed by atoms with Gasteiger partial charge in [-0.15, -0.1) is 0 Å². The van der Waals surface area contributed by atoms with E-state index in [1.807, 2.05) is 18.2 Å². The minimum atomic E-state index is -0.444. The van der Waals surface area contributed by atoms with Crippen molar-refractivity contribution in [2.75, 3.05) is 46.9 Å². The zero-order valence-corrected chi connectivity index (χ0v) is 30.3. The van der Waals surface area contributed by atoms with Crippen LogP contribution in [0.4, 0.5) is 4.39 Å². The largest absolute Gasteiger partial charge is 0.480 e. The first kappa shape index (κ1) is 34.9. The Balaban J connectivity index is 1.11. The number of methoxy groups -OCH3 is 2. The highest BCUT2D eigenvalue weighted by atomic mass is 79.9. The third kappa shape index (κ3) is 7.44. The summed E-state index contributed by atoms with van der Waals surface area (Å²) in [4.78, 5) is 46.9. The normalized spacial score (nSPS) is 18.0. The fourth-order valence-electron chi connectivity index (χ4n) is 7.16. The summed E-state index contributed by atoms with van der Waals surface area (Å²) in [6, 6.07) is 10.8. The van der Waals surface area contributed by atoms with Crippen LogP contribution in [0.3, 0.4) is 0 Å². The number of halogens is 2. The van der Waals surface area contributed by atoms with Crippen LogP contribution in [0, 0.1) is 5.82 Å². The molecule has 3 fully saturated rings. The molecule has 2 amide bonds. The van der Waals surface area contributed by atoms with Gasteiger partial charge in [0.25, 0.3) is 0 Å². The lowest BCUT2D eigenvalue weighted by Crippen LogP contribution is -2.66. The predicted octanol–water partition coefficient (Wildman–Crippen LogP) is 4.75. The number of rotatable bonds is 9. The van der Waals surface area contributed by atoms with Gasteiger partial charge in [-0.2, -0.15) is 0 Å². The SMILES string of the molecule is COc1nc(-c2cccc(-c3cccc(-c4cnc(CN5CC6(CCC(=O)N6)C5)c(OC)n4)c3Br)c2F)cnc1CN1CCCCC(=O)NCC1. The minimum Gasteiger partial charge on any atom is -0.480 e. The summed E-state index contributed by atoms with van der Waals surface area (Å²) in [7, 11) is 3.10. The Morgan fingerprint density at radius 1 is 0.804 bits per heavy atom. The summed E-state index contributed by atoms with van der Waals surface area (Å²) in [5.74, 6) is 0.500. The fourth-order valence-corrected chi connectivity index (χ4v) is 7.84. The van der Waals surface area contributed by atoms with E-state index in [4.69, 9.17) is 19.4 Å². The molecule has 7 rings (SSSR count). The third-order valence-electron chi connectivity index (χ3n) is 9.76. The number of nitrogens with one attached hydrogen (secondary N) is 2. The first-order valence-corrected chi connectivity index (χ1v) is 18.0. The molecule has 0 unspecified atom stereocenters. The molecule has 3 aliphatic rings. The van der Waals surface area contributed by atoms with Crippen molar-refractivity contribution >= 4 is 27.7 Å². The van der Waals surface area contributed by atoms with E-state index in [-0.39, 0.29) is 17.4 Å². The lowest BCUT2D eigenvalue weighted by atomic mass is 9.88. The van der Waals surface area contributed by atoms with Crippen molar-refractivity contribution in [1.29, 1.82) is 0 Å². The molecule has 14 heteroatoms. The van der Waals surface area contributed by atoms with E-state index in [1.165, 1.54) is 7.11 Å². The quantitative estimate of drug-likeness (QED) is 0.246. The number of likely N-dealkylation sites (tertiary alicyclic amines) is 1. The van der Waals surface area contributed by atoms with Gasteiger partial charge in [-0.1, -0.05) is 30.3 Å². The summed E-state index contributed by atoms with van der Waals surface area (Å²) in [6.45, 7) is 4.68. The zero-order chi connectivity index (χ0) is 35.5. The van der Waals surface area contributed by atoms with Gasteiger partial charge in [0.2, 0.25) is 23.6 Å². The van der Waals surface area contributed by atoms with E-state index in [0.717, 1.165) is 44.5 Å². The Kier molecular flexibility index (Phi) is 10.3. The van der Waals surface area contributed by atoms with Crippen molar-refractivity contribution in [2.24, 2.45) is 0 Å². The summed E-state index contributed by atoms with van der Waals surface area (Å²) in [5.41, 5.74) is 4.22. The fraction of sp³-hybridized carbons (Fsp3) is 0.405. The summed E-state index contributed by atoms with van der Waals surface area (Å²) in [6.07, 6.45) is 6.99. The van der Waals surface area contributed by atoms with Crippen LogP contribution in [0.25, 0.3) is 33.6 Å². The number of ether oxygens (including phenoxy) is 2. The first-order chi connectivity index (χ1) is 24.8. The van der Waals surface area contributed by atoms with Crippen LogP contribution in [0.15, 0.2) is 53.3 Å². The van der Waals surface area contributed by atoms with Gasteiger partial charge in [0.1, 0.15) is 17.2 Å². The van der Waals surface area contributed by atoms with Crippen LogP contribution in [0.5, 0.6) is 11.8 Å². The number of hydrogen-bond acceptors (Lipinski definition) is 10. The lowest BCUT2D eigenvalue weighted by Gasteiger charge is -2.47. The van der Waals surface area contributed by atoms with Crippen molar-refractivity contribution in [1.82, 2.24) is 40.4 Å². The predicted molar refractivity (Wildman–Crippen MR) is 192 cm³/mol. The number of carbonyl (C=O) groups is 2. The molecule has 2 aromatic heterocycles. The van der Waals surface area contributed by atoms with Crippen LogP contribution in [0.1, 0.15) is 43.5 Å². The molecule has 3 aliphatic heterocycles. The minimum absolute atomic E-state index is 0.0822. The summed E-state index contributed by atoms with van der Waals surface area (Å²) >= 11 is 3.74. The van der Waals surface area contributed by atoms with Crippen LogP contribution < -0.4 is 20.1 Å². The molecule has 3 saturated heterocycles. The number of amides is 2. The second-order valence-electron chi connectivity index (χ2n) is 13.3. The van der Waals surface area contributed by atoms with Gasteiger partial charge in [0.05, 0.1) is 43.5 Å². The molecule has 0 radical (unpaired) electrons. The Hall–Kier alpha value is -4.53. The van der Waals surface area contributed by atoms with Gasteiger partial charge >= 0.3 is 0 Å². The number of nitrogens with zero attached hydrogens (tertiary/aromatic N) is 6. The molecule has 1 spiro atoms. The van der Waals surface area contributed by atoms with E-state index in [1.54, 1.807) is 37.7 Å². The monoisotopic (exact) mass is 758 g/mol. The summed E-state index contributed by atoms with van der Waals surface area (Å²) in [5, 5.41) is 6.06. The molecule has 2 aromatic carbocycles. The third-order valence-corrected chi connectivity index (χ3v) is 10.6. The molecule has 0 atom stereocenters. The molecule has 5 heterocycles. The van der Waals surface area contributed by atoms with Crippen molar-refractivity contribution in [2.45, 2.75) is 50.7 Å². The number of benzene rings is 2. The Morgan fingerprint density at radius 2 is 1.43 bits per heavy atom.